The van der Waals surface area contributed by atoms with E-state index in [1.54, 1.807) is 29.1 Å². The number of nitrogens with one attached hydrogen (secondary N) is 1. The number of nitrogens with two attached hydrogens (primary N) is 2. The molecule has 0 fully saturated rings. The number of carbonyl (C=O) groups is 1. The first-order valence-corrected chi connectivity index (χ1v) is 5.99. The van der Waals surface area contributed by atoms with Gasteiger partial charge in [-0.05, 0) is 31.2 Å². The zero-order valence-corrected chi connectivity index (χ0v) is 10.7. The number of nitrogens with zero attached hydrogens (tertiary/aromatic N) is 2. The topological polar surface area (TPSA) is 99.0 Å². The number of nitrogen functional groups attached to an aromatic ring is 2. The SMILES string of the molecule is CC(Cn1cccn1)NC(=O)c1ccc(N)cc1N. The van der Waals surface area contributed by atoms with Gasteiger partial charge in [0.2, 0.25) is 0 Å². The van der Waals surface area contributed by atoms with Gasteiger partial charge in [-0.2, -0.15) is 5.10 Å². The summed E-state index contributed by atoms with van der Waals surface area (Å²) in [5.41, 5.74) is 12.7. The Hall–Kier alpha value is -2.50. The molecule has 1 atom stereocenters. The van der Waals surface area contributed by atoms with Gasteiger partial charge in [0, 0.05) is 29.8 Å². The third kappa shape index (κ3) is 3.25. The maximum Gasteiger partial charge on any atom is 0.253 e. The lowest BCUT2D eigenvalue weighted by Gasteiger charge is -2.15. The van der Waals surface area contributed by atoms with Gasteiger partial charge in [0.05, 0.1) is 12.1 Å². The van der Waals surface area contributed by atoms with Crippen LogP contribution in [-0.4, -0.2) is 21.7 Å². The van der Waals surface area contributed by atoms with Crippen molar-refractivity contribution in [1.29, 1.82) is 0 Å². The number of amides is 1. The molecule has 0 spiro atoms. The fraction of sp³-hybridized carbons (Fsp3) is 0.231. The second-order valence-corrected chi connectivity index (χ2v) is 4.45. The summed E-state index contributed by atoms with van der Waals surface area (Å²) in [6.45, 7) is 2.51. The van der Waals surface area contributed by atoms with Crippen LogP contribution in [0.3, 0.4) is 0 Å². The first-order valence-electron chi connectivity index (χ1n) is 5.99. The molecule has 1 heterocycles. The Morgan fingerprint density at radius 1 is 1.47 bits per heavy atom. The van der Waals surface area contributed by atoms with E-state index in [1.807, 2.05) is 19.2 Å². The highest BCUT2D eigenvalue weighted by atomic mass is 16.1. The van der Waals surface area contributed by atoms with Crippen molar-refractivity contribution in [3.63, 3.8) is 0 Å². The van der Waals surface area contributed by atoms with E-state index in [4.69, 9.17) is 11.5 Å². The summed E-state index contributed by atoms with van der Waals surface area (Å²) in [6.07, 6.45) is 3.55. The lowest BCUT2D eigenvalue weighted by molar-refractivity contribution is 0.0937. The van der Waals surface area contributed by atoms with Crippen molar-refractivity contribution >= 4 is 17.3 Å². The Morgan fingerprint density at radius 2 is 2.26 bits per heavy atom. The number of aromatic nitrogens is 2. The maximum absolute atomic E-state index is 12.1. The average molecular weight is 259 g/mol. The van der Waals surface area contributed by atoms with Gasteiger partial charge in [-0.25, -0.2) is 0 Å². The zero-order chi connectivity index (χ0) is 13.8. The minimum atomic E-state index is -0.211. The number of hydrogen-bond acceptors (Lipinski definition) is 4. The summed E-state index contributed by atoms with van der Waals surface area (Å²) in [4.78, 5) is 12.1. The van der Waals surface area contributed by atoms with Crippen molar-refractivity contribution in [1.82, 2.24) is 15.1 Å². The van der Waals surface area contributed by atoms with Crippen LogP contribution in [0.1, 0.15) is 17.3 Å². The second-order valence-electron chi connectivity index (χ2n) is 4.45. The van der Waals surface area contributed by atoms with Gasteiger partial charge in [0.1, 0.15) is 0 Å². The lowest BCUT2D eigenvalue weighted by Crippen LogP contribution is -2.36. The van der Waals surface area contributed by atoms with E-state index in [0.29, 0.717) is 23.5 Å². The molecule has 19 heavy (non-hydrogen) atoms. The summed E-state index contributed by atoms with van der Waals surface area (Å²) in [6, 6.07) is 6.65. The quantitative estimate of drug-likeness (QED) is 0.709. The van der Waals surface area contributed by atoms with Gasteiger partial charge >= 0.3 is 0 Å². The number of benzene rings is 1. The van der Waals surface area contributed by atoms with Gasteiger partial charge in [-0.15, -0.1) is 0 Å². The third-order valence-electron chi connectivity index (χ3n) is 2.72. The van der Waals surface area contributed by atoms with Crippen molar-refractivity contribution in [3.8, 4) is 0 Å². The van der Waals surface area contributed by atoms with Crippen LogP contribution in [0, 0.1) is 0 Å². The van der Waals surface area contributed by atoms with Gasteiger partial charge < -0.3 is 16.8 Å². The van der Waals surface area contributed by atoms with E-state index in [9.17, 15) is 4.79 Å². The van der Waals surface area contributed by atoms with Crippen LogP contribution >= 0.6 is 0 Å². The fourth-order valence-corrected chi connectivity index (χ4v) is 1.82. The highest BCUT2D eigenvalue weighted by Crippen LogP contribution is 2.15. The van der Waals surface area contributed by atoms with Crippen molar-refractivity contribution < 1.29 is 4.79 Å². The molecule has 1 aromatic carbocycles. The summed E-state index contributed by atoms with van der Waals surface area (Å²) in [5.74, 6) is -0.211. The van der Waals surface area contributed by atoms with Crippen LogP contribution in [-0.2, 0) is 6.54 Å². The summed E-state index contributed by atoms with van der Waals surface area (Å²) < 4.78 is 1.76. The Bertz CT molecular complexity index is 564. The van der Waals surface area contributed by atoms with Crippen LogP contribution in [0.15, 0.2) is 36.7 Å². The van der Waals surface area contributed by atoms with E-state index >= 15 is 0 Å². The van der Waals surface area contributed by atoms with E-state index in [1.165, 1.54) is 0 Å². The minimum absolute atomic E-state index is 0.0515. The van der Waals surface area contributed by atoms with Gasteiger partial charge in [0.15, 0.2) is 0 Å². The molecular formula is C13H17N5O. The molecule has 0 bridgehead atoms. The highest BCUT2D eigenvalue weighted by molar-refractivity contribution is 5.99. The van der Waals surface area contributed by atoms with Crippen LogP contribution in [0.4, 0.5) is 11.4 Å². The van der Waals surface area contributed by atoms with Crippen LogP contribution in [0.2, 0.25) is 0 Å². The first-order chi connectivity index (χ1) is 9.06. The number of carbonyl (C=O) groups excluding carboxylic acids is 1. The predicted octanol–water partition coefficient (Wildman–Crippen LogP) is 0.866. The third-order valence-corrected chi connectivity index (χ3v) is 2.72. The molecule has 0 radical (unpaired) electrons. The van der Waals surface area contributed by atoms with Crippen LogP contribution in [0.25, 0.3) is 0 Å². The van der Waals surface area contributed by atoms with Crippen LogP contribution in [0.5, 0.6) is 0 Å². The molecule has 0 aliphatic rings. The van der Waals surface area contributed by atoms with E-state index in [-0.39, 0.29) is 11.9 Å². The van der Waals surface area contributed by atoms with Gasteiger partial charge in [-0.3, -0.25) is 9.48 Å². The van der Waals surface area contributed by atoms with E-state index < -0.39 is 0 Å². The molecule has 0 aliphatic carbocycles. The smallest absolute Gasteiger partial charge is 0.253 e. The molecule has 6 nitrogen and oxygen atoms in total. The molecule has 2 rings (SSSR count). The average Bonchev–Trinajstić information content (AvgIpc) is 2.81. The highest BCUT2D eigenvalue weighted by Gasteiger charge is 2.13. The Labute approximate surface area is 111 Å². The molecular weight excluding hydrogens is 242 g/mol. The Kier molecular flexibility index (Phi) is 3.70. The fourth-order valence-electron chi connectivity index (χ4n) is 1.82. The van der Waals surface area contributed by atoms with Crippen molar-refractivity contribution in [3.05, 3.63) is 42.2 Å². The van der Waals surface area contributed by atoms with Crippen LogP contribution < -0.4 is 16.8 Å². The number of rotatable bonds is 4. The normalized spacial score (nSPS) is 12.1. The first kappa shape index (κ1) is 12.9. The molecule has 2 aromatic rings. The van der Waals surface area contributed by atoms with E-state index in [2.05, 4.69) is 10.4 Å². The van der Waals surface area contributed by atoms with Crippen molar-refractivity contribution in [2.24, 2.45) is 0 Å². The predicted molar refractivity (Wildman–Crippen MR) is 74.4 cm³/mol. The molecule has 6 heteroatoms. The maximum atomic E-state index is 12.1. The molecule has 1 aromatic heterocycles. The summed E-state index contributed by atoms with van der Waals surface area (Å²) in [5, 5.41) is 6.96. The minimum Gasteiger partial charge on any atom is -0.399 e. The molecule has 100 valence electrons. The van der Waals surface area contributed by atoms with Gasteiger partial charge in [0.25, 0.3) is 5.91 Å². The Balaban J connectivity index is 2.00. The summed E-state index contributed by atoms with van der Waals surface area (Å²) in [7, 11) is 0. The molecule has 0 saturated heterocycles. The van der Waals surface area contributed by atoms with Gasteiger partial charge in [-0.1, -0.05) is 0 Å². The second kappa shape index (κ2) is 5.43. The summed E-state index contributed by atoms with van der Waals surface area (Å²) >= 11 is 0. The lowest BCUT2D eigenvalue weighted by atomic mass is 10.1. The zero-order valence-electron chi connectivity index (χ0n) is 10.7. The number of anilines is 2. The molecule has 5 N–H and O–H groups in total. The number of hydrogen-bond donors (Lipinski definition) is 3. The largest absolute Gasteiger partial charge is 0.399 e. The molecule has 0 aliphatic heterocycles. The monoisotopic (exact) mass is 259 g/mol. The molecule has 0 saturated carbocycles. The van der Waals surface area contributed by atoms with Crippen molar-refractivity contribution in [2.45, 2.75) is 19.5 Å². The Morgan fingerprint density at radius 3 is 2.89 bits per heavy atom. The van der Waals surface area contributed by atoms with Crippen molar-refractivity contribution in [2.75, 3.05) is 11.5 Å². The standard InChI is InChI=1S/C13H17N5O/c1-9(8-18-6-2-5-16-18)17-13(19)11-4-3-10(14)7-12(11)15/h2-7,9H,8,14-15H2,1H3,(H,17,19). The molecule has 1 unspecified atom stereocenters. The van der Waals surface area contributed by atoms with E-state index in [0.717, 1.165) is 0 Å². The molecule has 1 amide bonds.